The highest BCUT2D eigenvalue weighted by Crippen LogP contribution is 2.26. The molecule has 1 saturated carbocycles. The minimum Gasteiger partial charge on any atom is -0.388 e. The Morgan fingerprint density at radius 3 is 2.18 bits per heavy atom. The molecule has 0 aromatic rings. The molecule has 0 amide bonds. The smallest absolute Gasteiger partial charge is 0.0794 e. The lowest BCUT2D eigenvalue weighted by Crippen LogP contribution is -2.41. The molecule has 4 heteroatoms. The molecule has 0 spiro atoms. The minimum absolute atomic E-state index is 0. The average Bonchev–Trinajstić information content (AvgIpc) is 1.89. The number of hydrogen-bond acceptors (Lipinski definition) is 3. The zero-order valence-corrected chi connectivity index (χ0v) is 7.36. The molecule has 0 unspecified atom stereocenters. The van der Waals surface area contributed by atoms with E-state index in [9.17, 15) is 5.11 Å². The van der Waals surface area contributed by atoms with E-state index in [1.807, 2.05) is 5.48 Å². The highest BCUT2D eigenvalue weighted by molar-refractivity contribution is 5.85. The fourth-order valence-corrected chi connectivity index (χ4v) is 1.53. The Labute approximate surface area is 73.2 Å². The van der Waals surface area contributed by atoms with Gasteiger partial charge in [0, 0.05) is 6.54 Å². The van der Waals surface area contributed by atoms with Crippen molar-refractivity contribution in [1.29, 1.82) is 0 Å². The Kier molecular flexibility index (Phi) is 5.01. The quantitative estimate of drug-likeness (QED) is 0.559. The van der Waals surface area contributed by atoms with Crippen LogP contribution in [0, 0.1) is 0 Å². The van der Waals surface area contributed by atoms with Crippen LogP contribution in [0.2, 0.25) is 0 Å². The van der Waals surface area contributed by atoms with Crippen LogP contribution in [-0.2, 0) is 0 Å². The second-order valence-corrected chi connectivity index (χ2v) is 3.12. The summed E-state index contributed by atoms with van der Waals surface area (Å²) in [5.74, 6) is 0. The summed E-state index contributed by atoms with van der Waals surface area (Å²) in [6, 6.07) is 0. The molecular formula is C7H16ClNO2. The van der Waals surface area contributed by atoms with Gasteiger partial charge in [-0.2, -0.15) is 0 Å². The van der Waals surface area contributed by atoms with Gasteiger partial charge in [0.05, 0.1) is 5.60 Å². The number of hydrogen-bond donors (Lipinski definition) is 3. The molecule has 0 radical (unpaired) electrons. The first-order valence-corrected chi connectivity index (χ1v) is 3.86. The summed E-state index contributed by atoms with van der Waals surface area (Å²) in [6.45, 7) is 0.312. The van der Waals surface area contributed by atoms with E-state index in [4.69, 9.17) is 5.21 Å². The van der Waals surface area contributed by atoms with Crippen LogP contribution in [0.15, 0.2) is 0 Å². The molecule has 0 aliphatic heterocycles. The van der Waals surface area contributed by atoms with Gasteiger partial charge in [0.1, 0.15) is 0 Å². The highest BCUT2D eigenvalue weighted by atomic mass is 35.5. The molecule has 68 valence electrons. The molecule has 3 N–H and O–H groups in total. The Bertz CT molecular complexity index is 99.1. The van der Waals surface area contributed by atoms with Crippen molar-refractivity contribution in [3.8, 4) is 0 Å². The largest absolute Gasteiger partial charge is 0.388 e. The van der Waals surface area contributed by atoms with Crippen molar-refractivity contribution in [2.75, 3.05) is 6.54 Å². The molecule has 0 heterocycles. The monoisotopic (exact) mass is 181 g/mol. The first-order valence-electron chi connectivity index (χ1n) is 3.86. The summed E-state index contributed by atoms with van der Waals surface area (Å²) in [5.41, 5.74) is 1.40. The van der Waals surface area contributed by atoms with Crippen LogP contribution in [-0.4, -0.2) is 22.5 Å². The molecular weight excluding hydrogens is 166 g/mol. The predicted octanol–water partition coefficient (Wildman–Crippen LogP) is 1.08. The second-order valence-electron chi connectivity index (χ2n) is 3.12. The molecule has 3 nitrogen and oxygen atoms in total. The lowest BCUT2D eigenvalue weighted by molar-refractivity contribution is -0.0243. The van der Waals surface area contributed by atoms with Crippen molar-refractivity contribution in [3.05, 3.63) is 0 Å². The Morgan fingerprint density at radius 2 is 1.73 bits per heavy atom. The number of nitrogens with one attached hydrogen (secondary N) is 1. The lowest BCUT2D eigenvalue weighted by atomic mass is 9.85. The molecule has 0 atom stereocenters. The van der Waals surface area contributed by atoms with Crippen molar-refractivity contribution >= 4 is 12.4 Å². The number of aliphatic hydroxyl groups is 1. The molecule has 1 rings (SSSR count). The van der Waals surface area contributed by atoms with Crippen molar-refractivity contribution in [2.45, 2.75) is 37.7 Å². The van der Waals surface area contributed by atoms with E-state index >= 15 is 0 Å². The summed E-state index contributed by atoms with van der Waals surface area (Å²) in [6.07, 6.45) is 5.02. The average molecular weight is 182 g/mol. The zero-order chi connectivity index (χ0) is 7.45. The number of rotatable bonds is 2. The normalized spacial score (nSPS) is 22.4. The first-order chi connectivity index (χ1) is 4.77. The van der Waals surface area contributed by atoms with Gasteiger partial charge in [-0.25, -0.2) is 5.48 Å². The van der Waals surface area contributed by atoms with E-state index < -0.39 is 5.60 Å². The van der Waals surface area contributed by atoms with Crippen LogP contribution < -0.4 is 5.48 Å². The van der Waals surface area contributed by atoms with Crippen molar-refractivity contribution < 1.29 is 10.3 Å². The third-order valence-corrected chi connectivity index (χ3v) is 2.19. The summed E-state index contributed by atoms with van der Waals surface area (Å²) in [4.78, 5) is 0. The molecule has 11 heavy (non-hydrogen) atoms. The Hall–Kier alpha value is 0.170. The molecule has 1 fully saturated rings. The molecule has 0 aromatic carbocycles. The number of hydroxylamine groups is 1. The third kappa shape index (κ3) is 3.38. The maximum absolute atomic E-state index is 9.65. The molecule has 1 aliphatic carbocycles. The molecule has 0 saturated heterocycles. The van der Waals surface area contributed by atoms with Crippen LogP contribution in [0.4, 0.5) is 0 Å². The van der Waals surface area contributed by atoms with E-state index in [0.29, 0.717) is 6.54 Å². The van der Waals surface area contributed by atoms with Gasteiger partial charge in [0.15, 0.2) is 0 Å². The first kappa shape index (κ1) is 11.2. The van der Waals surface area contributed by atoms with Gasteiger partial charge < -0.3 is 10.3 Å². The van der Waals surface area contributed by atoms with Gasteiger partial charge >= 0.3 is 0 Å². The summed E-state index contributed by atoms with van der Waals surface area (Å²) in [5, 5.41) is 18.0. The van der Waals surface area contributed by atoms with Crippen molar-refractivity contribution in [2.24, 2.45) is 0 Å². The van der Waals surface area contributed by atoms with Crippen LogP contribution in [0.3, 0.4) is 0 Å². The van der Waals surface area contributed by atoms with Gasteiger partial charge in [-0.3, -0.25) is 0 Å². The topological polar surface area (TPSA) is 52.5 Å². The Balaban J connectivity index is 0.000001000. The van der Waals surface area contributed by atoms with Gasteiger partial charge in [0.2, 0.25) is 0 Å². The van der Waals surface area contributed by atoms with Crippen molar-refractivity contribution in [3.63, 3.8) is 0 Å². The molecule has 1 aliphatic rings. The van der Waals surface area contributed by atoms with E-state index in [1.165, 1.54) is 6.42 Å². The van der Waals surface area contributed by atoms with Gasteiger partial charge in [0.25, 0.3) is 0 Å². The third-order valence-electron chi connectivity index (χ3n) is 2.19. The fourth-order valence-electron chi connectivity index (χ4n) is 1.53. The summed E-state index contributed by atoms with van der Waals surface area (Å²) in [7, 11) is 0. The SMILES string of the molecule is Cl.ONCC1(O)CCCCC1. The second kappa shape index (κ2) is 4.93. The van der Waals surface area contributed by atoms with E-state index in [2.05, 4.69) is 0 Å². The minimum atomic E-state index is -0.632. The van der Waals surface area contributed by atoms with Gasteiger partial charge in [-0.05, 0) is 12.8 Å². The van der Waals surface area contributed by atoms with E-state index in [0.717, 1.165) is 25.7 Å². The predicted molar refractivity (Wildman–Crippen MR) is 45.1 cm³/mol. The van der Waals surface area contributed by atoms with Crippen LogP contribution in [0.25, 0.3) is 0 Å². The van der Waals surface area contributed by atoms with Crippen LogP contribution in [0.1, 0.15) is 32.1 Å². The lowest BCUT2D eigenvalue weighted by Gasteiger charge is -2.31. The molecule has 0 bridgehead atoms. The Morgan fingerprint density at radius 1 is 1.18 bits per heavy atom. The van der Waals surface area contributed by atoms with Gasteiger partial charge in [-0.1, -0.05) is 19.3 Å². The summed E-state index contributed by atoms with van der Waals surface area (Å²) < 4.78 is 0. The molecule has 0 aromatic heterocycles. The van der Waals surface area contributed by atoms with Crippen molar-refractivity contribution in [1.82, 2.24) is 5.48 Å². The number of halogens is 1. The van der Waals surface area contributed by atoms with E-state index in [1.54, 1.807) is 0 Å². The maximum atomic E-state index is 9.65. The highest BCUT2D eigenvalue weighted by Gasteiger charge is 2.28. The zero-order valence-electron chi connectivity index (χ0n) is 6.55. The standard InChI is InChI=1S/C7H15NO2.ClH/c9-7(6-8-10)4-2-1-3-5-7;/h8-10H,1-6H2;1H. The van der Waals surface area contributed by atoms with Crippen LogP contribution >= 0.6 is 12.4 Å². The van der Waals surface area contributed by atoms with E-state index in [-0.39, 0.29) is 12.4 Å². The maximum Gasteiger partial charge on any atom is 0.0794 e. The van der Waals surface area contributed by atoms with Crippen LogP contribution in [0.5, 0.6) is 0 Å². The van der Waals surface area contributed by atoms with Gasteiger partial charge in [-0.15, -0.1) is 12.4 Å². The summed E-state index contributed by atoms with van der Waals surface area (Å²) >= 11 is 0. The fraction of sp³-hybridized carbons (Fsp3) is 1.00.